The molecule has 3 aromatic rings. The first-order valence-electron chi connectivity index (χ1n) is 11.2. The van der Waals surface area contributed by atoms with Gasteiger partial charge in [0.2, 0.25) is 11.8 Å². The van der Waals surface area contributed by atoms with Gasteiger partial charge in [0.25, 0.3) is 0 Å². The highest BCUT2D eigenvalue weighted by atomic mass is 32.1. The Hall–Kier alpha value is -3.13. The standard InChI is InChI=1S/C25H28N2O5S/c1-3-4-13-27-22(28)12-11-19(23(27)18-8-5-6-9-20(18)30-2)25(29)32-16-17-15-31-24(26-17)21-10-7-14-33-21/h5-10,14-15,19,23H,3-4,11-13,16H2,1-2H3. The Morgan fingerprint density at radius 2 is 2.12 bits per heavy atom. The summed E-state index contributed by atoms with van der Waals surface area (Å²) in [6.07, 6.45) is 4.09. The molecular formula is C25H28N2O5S. The van der Waals surface area contributed by atoms with Gasteiger partial charge in [-0.05, 0) is 30.4 Å². The van der Waals surface area contributed by atoms with Crippen molar-refractivity contribution in [3.63, 3.8) is 0 Å². The van der Waals surface area contributed by atoms with E-state index in [1.165, 1.54) is 17.6 Å². The number of carbonyl (C=O) groups excluding carboxylic acids is 2. The molecule has 8 heteroatoms. The largest absolute Gasteiger partial charge is 0.496 e. The van der Waals surface area contributed by atoms with E-state index in [9.17, 15) is 9.59 Å². The summed E-state index contributed by atoms with van der Waals surface area (Å²) in [6, 6.07) is 11.0. The van der Waals surface area contributed by atoms with E-state index >= 15 is 0 Å². The monoisotopic (exact) mass is 468 g/mol. The summed E-state index contributed by atoms with van der Waals surface area (Å²) in [4.78, 5) is 33.3. The molecule has 1 aliphatic rings. The number of methoxy groups -OCH3 is 1. The number of ether oxygens (including phenoxy) is 2. The topological polar surface area (TPSA) is 81.9 Å². The van der Waals surface area contributed by atoms with Gasteiger partial charge in [-0.25, -0.2) is 4.98 Å². The van der Waals surface area contributed by atoms with Crippen molar-refractivity contribution >= 4 is 23.2 Å². The van der Waals surface area contributed by atoms with Gasteiger partial charge in [0.05, 0.1) is 23.9 Å². The number of carbonyl (C=O) groups is 2. The van der Waals surface area contributed by atoms with Crippen LogP contribution in [0.3, 0.4) is 0 Å². The second-order valence-electron chi connectivity index (χ2n) is 8.00. The quantitative estimate of drug-likeness (QED) is 0.400. The zero-order valence-corrected chi connectivity index (χ0v) is 19.7. The Kier molecular flexibility index (Phi) is 7.44. The highest BCUT2D eigenvalue weighted by Gasteiger charge is 2.42. The number of aromatic nitrogens is 1. The van der Waals surface area contributed by atoms with Gasteiger partial charge in [0.1, 0.15) is 24.3 Å². The van der Waals surface area contributed by atoms with E-state index in [2.05, 4.69) is 11.9 Å². The highest BCUT2D eigenvalue weighted by Crippen LogP contribution is 2.41. The maximum atomic E-state index is 13.3. The minimum Gasteiger partial charge on any atom is -0.496 e. The fraction of sp³-hybridized carbons (Fsp3) is 0.400. The fourth-order valence-electron chi connectivity index (χ4n) is 4.23. The van der Waals surface area contributed by atoms with Crippen LogP contribution in [-0.4, -0.2) is 35.4 Å². The van der Waals surface area contributed by atoms with Crippen LogP contribution in [0.2, 0.25) is 0 Å². The number of para-hydroxylation sites is 1. The average molecular weight is 469 g/mol. The Morgan fingerprint density at radius 1 is 1.27 bits per heavy atom. The molecule has 0 bridgehead atoms. The highest BCUT2D eigenvalue weighted by molar-refractivity contribution is 7.13. The van der Waals surface area contributed by atoms with Crippen molar-refractivity contribution in [2.75, 3.05) is 13.7 Å². The van der Waals surface area contributed by atoms with E-state index in [-0.39, 0.29) is 18.5 Å². The molecule has 1 aromatic carbocycles. The number of hydrogen-bond acceptors (Lipinski definition) is 7. The third kappa shape index (κ3) is 5.11. The first-order chi connectivity index (χ1) is 16.1. The summed E-state index contributed by atoms with van der Waals surface area (Å²) in [7, 11) is 1.60. The number of nitrogens with zero attached hydrogens (tertiary/aromatic N) is 2. The van der Waals surface area contributed by atoms with Crippen LogP contribution in [0.25, 0.3) is 10.8 Å². The number of oxazole rings is 1. The minimum absolute atomic E-state index is 0.0196. The molecule has 4 rings (SSSR count). The van der Waals surface area contributed by atoms with Crippen molar-refractivity contribution in [3.8, 4) is 16.5 Å². The molecule has 3 heterocycles. The van der Waals surface area contributed by atoms with E-state index in [4.69, 9.17) is 13.9 Å². The molecule has 1 fully saturated rings. The molecule has 2 aromatic heterocycles. The van der Waals surface area contributed by atoms with Crippen LogP contribution in [0.5, 0.6) is 5.75 Å². The molecule has 0 saturated carbocycles. The molecule has 0 N–H and O–H groups in total. The summed E-state index contributed by atoms with van der Waals surface area (Å²) in [5, 5.41) is 1.95. The van der Waals surface area contributed by atoms with Gasteiger partial charge in [-0.2, -0.15) is 0 Å². The van der Waals surface area contributed by atoms with Gasteiger partial charge in [0.15, 0.2) is 0 Å². The average Bonchev–Trinajstić information content (AvgIpc) is 3.53. The number of esters is 1. The van der Waals surface area contributed by atoms with E-state index in [1.807, 2.05) is 46.7 Å². The molecular weight excluding hydrogens is 440 g/mol. The van der Waals surface area contributed by atoms with Crippen LogP contribution in [0, 0.1) is 5.92 Å². The summed E-state index contributed by atoms with van der Waals surface area (Å²) in [5.41, 5.74) is 1.38. The molecule has 0 aliphatic carbocycles. The summed E-state index contributed by atoms with van der Waals surface area (Å²) < 4.78 is 16.8. The number of hydrogen-bond donors (Lipinski definition) is 0. The maximum absolute atomic E-state index is 13.3. The van der Waals surface area contributed by atoms with Gasteiger partial charge in [-0.15, -0.1) is 11.3 Å². The smallest absolute Gasteiger partial charge is 0.311 e. The SMILES string of the molecule is CCCCN1C(=O)CCC(C(=O)OCc2coc(-c3cccs3)n2)C1c1ccccc1OC. The number of piperidine rings is 1. The molecule has 0 radical (unpaired) electrons. The van der Waals surface area contributed by atoms with Crippen molar-refractivity contribution < 1.29 is 23.5 Å². The maximum Gasteiger partial charge on any atom is 0.311 e. The van der Waals surface area contributed by atoms with Crippen molar-refractivity contribution in [1.82, 2.24) is 9.88 Å². The predicted molar refractivity (Wildman–Crippen MR) is 125 cm³/mol. The van der Waals surface area contributed by atoms with E-state index in [1.54, 1.807) is 7.11 Å². The van der Waals surface area contributed by atoms with Crippen LogP contribution in [0.1, 0.15) is 49.9 Å². The second-order valence-corrected chi connectivity index (χ2v) is 8.95. The third-order valence-corrected chi connectivity index (χ3v) is 6.72. The van der Waals surface area contributed by atoms with Gasteiger partial charge in [-0.3, -0.25) is 9.59 Å². The van der Waals surface area contributed by atoms with Crippen molar-refractivity contribution in [3.05, 3.63) is 59.3 Å². The summed E-state index contributed by atoms with van der Waals surface area (Å²) >= 11 is 1.53. The molecule has 1 aliphatic heterocycles. The molecule has 33 heavy (non-hydrogen) atoms. The Labute approximate surface area is 197 Å². The first-order valence-corrected chi connectivity index (χ1v) is 12.1. The number of benzene rings is 1. The van der Waals surface area contributed by atoms with Crippen LogP contribution in [0.4, 0.5) is 0 Å². The van der Waals surface area contributed by atoms with Crippen molar-refractivity contribution in [1.29, 1.82) is 0 Å². The van der Waals surface area contributed by atoms with Crippen LogP contribution in [-0.2, 0) is 20.9 Å². The normalized spacial score (nSPS) is 18.4. The lowest BCUT2D eigenvalue weighted by Crippen LogP contribution is -2.46. The lowest BCUT2D eigenvalue weighted by molar-refractivity contribution is -0.158. The van der Waals surface area contributed by atoms with Crippen LogP contribution < -0.4 is 4.74 Å². The molecule has 1 amide bonds. The summed E-state index contributed by atoms with van der Waals surface area (Å²) in [5.74, 6) is 0.395. The lowest BCUT2D eigenvalue weighted by Gasteiger charge is -2.40. The molecule has 2 unspecified atom stereocenters. The van der Waals surface area contributed by atoms with Gasteiger partial charge in [-0.1, -0.05) is 37.6 Å². The van der Waals surface area contributed by atoms with Crippen molar-refractivity contribution in [2.45, 2.75) is 45.3 Å². The van der Waals surface area contributed by atoms with E-state index in [0.717, 1.165) is 23.3 Å². The zero-order valence-electron chi connectivity index (χ0n) is 18.9. The molecule has 7 nitrogen and oxygen atoms in total. The Bertz CT molecular complexity index is 1080. The number of amides is 1. The van der Waals surface area contributed by atoms with Crippen LogP contribution >= 0.6 is 11.3 Å². The fourth-order valence-corrected chi connectivity index (χ4v) is 4.88. The number of unbranched alkanes of at least 4 members (excludes halogenated alkanes) is 1. The van der Waals surface area contributed by atoms with Crippen LogP contribution in [0.15, 0.2) is 52.5 Å². The van der Waals surface area contributed by atoms with E-state index in [0.29, 0.717) is 36.7 Å². The lowest BCUT2D eigenvalue weighted by atomic mass is 9.83. The van der Waals surface area contributed by atoms with Gasteiger partial charge in [0, 0.05) is 18.5 Å². The number of rotatable bonds is 9. The molecule has 1 saturated heterocycles. The third-order valence-electron chi connectivity index (χ3n) is 5.87. The van der Waals surface area contributed by atoms with Crippen molar-refractivity contribution in [2.24, 2.45) is 5.92 Å². The Morgan fingerprint density at radius 3 is 2.88 bits per heavy atom. The molecule has 0 spiro atoms. The Balaban J connectivity index is 1.54. The molecule has 2 atom stereocenters. The minimum atomic E-state index is -0.487. The first kappa shape index (κ1) is 23.0. The van der Waals surface area contributed by atoms with Gasteiger partial charge >= 0.3 is 5.97 Å². The second kappa shape index (κ2) is 10.7. The number of thiophene rings is 1. The van der Waals surface area contributed by atoms with Gasteiger partial charge < -0.3 is 18.8 Å². The predicted octanol–water partition coefficient (Wildman–Crippen LogP) is 5.23. The van der Waals surface area contributed by atoms with E-state index < -0.39 is 12.0 Å². The zero-order chi connectivity index (χ0) is 23.2. The number of likely N-dealkylation sites (tertiary alicyclic amines) is 1. The summed E-state index contributed by atoms with van der Waals surface area (Å²) in [6.45, 7) is 2.70. The molecule has 174 valence electrons.